The van der Waals surface area contributed by atoms with Crippen LogP contribution in [-0.2, 0) is 23.7 Å². The molecule has 5 atom stereocenters. The molecule has 0 unspecified atom stereocenters. The molecular weight excluding hydrogens is 394 g/mol. The van der Waals surface area contributed by atoms with Crippen LogP contribution in [0.2, 0.25) is 0 Å². The highest BCUT2D eigenvalue weighted by Gasteiger charge is 2.55. The number of rotatable bonds is 7. The van der Waals surface area contributed by atoms with Crippen LogP contribution < -0.4 is 0 Å². The SMILES string of the molecule is CCOC(=O)/C(C=N[C@H](CO)[C@H]1O[C@@H]2OC(C)(C)O[C@@H]2[C@H]1O)=C(\O)c1ccccc1. The highest BCUT2D eigenvalue weighted by atomic mass is 16.8. The number of esters is 1. The predicted octanol–water partition coefficient (Wildman–Crippen LogP) is 1.19. The highest BCUT2D eigenvalue weighted by molar-refractivity contribution is 6.15. The molecule has 30 heavy (non-hydrogen) atoms. The van der Waals surface area contributed by atoms with Crippen LogP contribution in [0.5, 0.6) is 0 Å². The summed E-state index contributed by atoms with van der Waals surface area (Å²) in [5.41, 5.74) is 0.228. The minimum atomic E-state index is -1.09. The van der Waals surface area contributed by atoms with Crippen molar-refractivity contribution in [1.82, 2.24) is 0 Å². The second-order valence-electron chi connectivity index (χ2n) is 7.44. The fourth-order valence-corrected chi connectivity index (χ4v) is 3.41. The van der Waals surface area contributed by atoms with Crippen LogP contribution in [0.4, 0.5) is 0 Å². The van der Waals surface area contributed by atoms with E-state index in [9.17, 15) is 20.1 Å². The molecule has 9 heteroatoms. The lowest BCUT2D eigenvalue weighted by Crippen LogP contribution is -2.41. The standard InChI is InChI=1S/C21H27NO8/c1-4-27-19(26)13(15(24)12-8-6-5-7-9-12)10-22-14(11-23)17-16(25)18-20(28-17)30-21(2,3)29-18/h5-10,14,16-18,20,23-25H,4,11H2,1-3H3/b15-13-,22-10?/t14-,16+,17-,18-,20-/m1/s1. The topological polar surface area (TPSA) is 127 Å². The first kappa shape index (κ1) is 22.4. The van der Waals surface area contributed by atoms with Gasteiger partial charge in [0, 0.05) is 11.8 Å². The van der Waals surface area contributed by atoms with Gasteiger partial charge in [-0.05, 0) is 20.8 Å². The average Bonchev–Trinajstić information content (AvgIpc) is 3.18. The smallest absolute Gasteiger partial charge is 0.343 e. The first-order valence-electron chi connectivity index (χ1n) is 9.76. The van der Waals surface area contributed by atoms with Gasteiger partial charge < -0.3 is 34.3 Å². The monoisotopic (exact) mass is 421 g/mol. The molecule has 2 aliphatic rings. The number of hydrogen-bond acceptors (Lipinski definition) is 9. The quantitative estimate of drug-likeness (QED) is 0.259. The molecule has 2 fully saturated rings. The van der Waals surface area contributed by atoms with Gasteiger partial charge in [0.15, 0.2) is 12.1 Å². The number of ether oxygens (including phenoxy) is 4. The molecule has 3 rings (SSSR count). The van der Waals surface area contributed by atoms with Crippen molar-refractivity contribution in [3.05, 3.63) is 41.5 Å². The number of fused-ring (bicyclic) bond motifs is 1. The first-order valence-corrected chi connectivity index (χ1v) is 9.76. The second-order valence-corrected chi connectivity index (χ2v) is 7.44. The summed E-state index contributed by atoms with van der Waals surface area (Å²) < 4.78 is 22.0. The summed E-state index contributed by atoms with van der Waals surface area (Å²) in [6.45, 7) is 4.71. The van der Waals surface area contributed by atoms with E-state index in [2.05, 4.69) is 4.99 Å². The van der Waals surface area contributed by atoms with Crippen LogP contribution >= 0.6 is 0 Å². The minimum Gasteiger partial charge on any atom is -0.506 e. The van der Waals surface area contributed by atoms with Crippen LogP contribution in [0.25, 0.3) is 5.76 Å². The number of carbonyl (C=O) groups excluding carboxylic acids is 1. The Balaban J connectivity index is 1.83. The molecule has 0 amide bonds. The van der Waals surface area contributed by atoms with Crippen LogP contribution in [0.3, 0.4) is 0 Å². The third-order valence-corrected chi connectivity index (χ3v) is 4.81. The van der Waals surface area contributed by atoms with Crippen molar-refractivity contribution < 1.29 is 39.1 Å². The van der Waals surface area contributed by atoms with Gasteiger partial charge in [-0.25, -0.2) is 4.79 Å². The van der Waals surface area contributed by atoms with Crippen molar-refractivity contribution in [2.45, 2.75) is 57.2 Å². The van der Waals surface area contributed by atoms with E-state index in [4.69, 9.17) is 18.9 Å². The van der Waals surface area contributed by atoms with Crippen molar-refractivity contribution >= 4 is 17.9 Å². The number of aliphatic imine (C=N–C) groups is 1. The van der Waals surface area contributed by atoms with E-state index in [-0.39, 0.29) is 17.9 Å². The maximum absolute atomic E-state index is 12.4. The molecule has 2 aliphatic heterocycles. The van der Waals surface area contributed by atoms with Crippen molar-refractivity contribution in [2.24, 2.45) is 4.99 Å². The molecule has 0 aliphatic carbocycles. The Morgan fingerprint density at radius 2 is 2.00 bits per heavy atom. The maximum atomic E-state index is 12.4. The van der Waals surface area contributed by atoms with Crippen molar-refractivity contribution in [3.8, 4) is 0 Å². The van der Waals surface area contributed by atoms with E-state index in [1.165, 1.54) is 0 Å². The third kappa shape index (κ3) is 4.71. The van der Waals surface area contributed by atoms with Crippen LogP contribution in [0, 0.1) is 0 Å². The van der Waals surface area contributed by atoms with Crippen LogP contribution in [-0.4, -0.2) is 77.1 Å². The summed E-state index contributed by atoms with van der Waals surface area (Å²) in [6, 6.07) is 7.54. The van der Waals surface area contributed by atoms with Gasteiger partial charge in [0.2, 0.25) is 0 Å². The summed E-state index contributed by atoms with van der Waals surface area (Å²) in [4.78, 5) is 16.6. The Hall–Kier alpha value is -2.30. The van der Waals surface area contributed by atoms with E-state index in [0.29, 0.717) is 5.56 Å². The van der Waals surface area contributed by atoms with E-state index in [1.807, 2.05) is 0 Å². The van der Waals surface area contributed by atoms with Crippen molar-refractivity contribution in [1.29, 1.82) is 0 Å². The van der Waals surface area contributed by atoms with Gasteiger partial charge >= 0.3 is 5.97 Å². The normalized spacial score (nSPS) is 29.5. The lowest BCUT2D eigenvalue weighted by Gasteiger charge is -2.25. The number of nitrogens with zero attached hydrogens (tertiary/aromatic N) is 1. The zero-order valence-corrected chi connectivity index (χ0v) is 17.1. The van der Waals surface area contributed by atoms with Gasteiger partial charge in [-0.1, -0.05) is 30.3 Å². The van der Waals surface area contributed by atoms with Crippen LogP contribution in [0.15, 0.2) is 40.9 Å². The van der Waals surface area contributed by atoms with E-state index in [1.54, 1.807) is 51.1 Å². The van der Waals surface area contributed by atoms with Gasteiger partial charge in [0.1, 0.15) is 35.7 Å². The molecule has 0 saturated carbocycles. The highest BCUT2D eigenvalue weighted by Crippen LogP contribution is 2.38. The van der Waals surface area contributed by atoms with E-state index in [0.717, 1.165) is 6.21 Å². The predicted molar refractivity (Wildman–Crippen MR) is 107 cm³/mol. The third-order valence-electron chi connectivity index (χ3n) is 4.81. The summed E-state index contributed by atoms with van der Waals surface area (Å²) in [5.74, 6) is -1.97. The van der Waals surface area contributed by atoms with Crippen LogP contribution in [0.1, 0.15) is 26.3 Å². The van der Waals surface area contributed by atoms with Gasteiger partial charge in [-0.2, -0.15) is 0 Å². The fourth-order valence-electron chi connectivity index (χ4n) is 3.41. The number of benzene rings is 1. The Morgan fingerprint density at radius 1 is 1.30 bits per heavy atom. The Labute approximate surface area is 174 Å². The molecule has 1 aromatic rings. The van der Waals surface area contributed by atoms with Crippen molar-refractivity contribution in [3.63, 3.8) is 0 Å². The number of aliphatic hydroxyl groups is 3. The van der Waals surface area contributed by atoms with Gasteiger partial charge in [0.05, 0.1) is 13.2 Å². The molecule has 0 aromatic heterocycles. The fraction of sp³-hybridized carbons (Fsp3) is 0.524. The summed E-state index contributed by atoms with van der Waals surface area (Å²) in [7, 11) is 0. The Bertz CT molecular complexity index is 806. The Kier molecular flexibility index (Phi) is 6.89. The molecule has 9 nitrogen and oxygen atoms in total. The molecule has 164 valence electrons. The molecule has 0 bridgehead atoms. The summed E-state index contributed by atoms with van der Waals surface area (Å²) >= 11 is 0. The largest absolute Gasteiger partial charge is 0.506 e. The molecule has 2 heterocycles. The Morgan fingerprint density at radius 3 is 2.60 bits per heavy atom. The first-order chi connectivity index (χ1) is 14.3. The number of carbonyl (C=O) groups is 1. The molecule has 0 spiro atoms. The van der Waals surface area contributed by atoms with Crippen molar-refractivity contribution in [2.75, 3.05) is 13.2 Å². The van der Waals surface area contributed by atoms with Gasteiger partial charge in [-0.15, -0.1) is 0 Å². The number of hydrogen-bond donors (Lipinski definition) is 3. The summed E-state index contributed by atoms with van der Waals surface area (Å²) in [5, 5.41) is 30.9. The molecule has 3 N–H and O–H groups in total. The molecule has 2 saturated heterocycles. The van der Waals surface area contributed by atoms with E-state index < -0.39 is 49.0 Å². The summed E-state index contributed by atoms with van der Waals surface area (Å²) in [6.07, 6.45) is -2.39. The van der Waals surface area contributed by atoms with E-state index >= 15 is 0 Å². The lowest BCUT2D eigenvalue weighted by molar-refractivity contribution is -0.217. The second kappa shape index (κ2) is 9.23. The average molecular weight is 421 g/mol. The van der Waals surface area contributed by atoms with Gasteiger partial charge in [-0.3, -0.25) is 4.99 Å². The minimum absolute atomic E-state index is 0.111. The van der Waals surface area contributed by atoms with Gasteiger partial charge in [0.25, 0.3) is 0 Å². The zero-order valence-electron chi connectivity index (χ0n) is 17.1. The zero-order chi connectivity index (χ0) is 21.9. The molecule has 0 radical (unpaired) electrons. The maximum Gasteiger partial charge on any atom is 0.343 e. The lowest BCUT2D eigenvalue weighted by atomic mass is 10.0. The number of aliphatic hydroxyl groups excluding tert-OH is 3. The molecular formula is C21H27NO8. The molecule has 1 aromatic carbocycles.